The second kappa shape index (κ2) is 19.8. The number of allylic oxidation sites excluding steroid dienone is 2. The third-order valence-corrected chi connectivity index (χ3v) is 6.67. The molecule has 204 valence electrons. The summed E-state index contributed by atoms with van der Waals surface area (Å²) in [5.74, 6) is -0.116. The van der Waals surface area contributed by atoms with Crippen molar-refractivity contribution in [1.82, 2.24) is 5.39 Å². The van der Waals surface area contributed by atoms with E-state index >= 15 is 0 Å². The first-order chi connectivity index (χ1) is 16.8. The minimum atomic E-state index is -0.562. The maximum atomic E-state index is 12.2. The summed E-state index contributed by atoms with van der Waals surface area (Å²) in [5, 5.41) is 37.2. The zero-order valence-electron chi connectivity index (χ0n) is 21.4. The lowest BCUT2D eigenvalue weighted by molar-refractivity contribution is -0.492. The minimum absolute atomic E-state index is 0.0451. The van der Waals surface area contributed by atoms with E-state index in [9.17, 15) is 19.8 Å². The number of hydrogen-bond donors (Lipinski definition) is 4. The van der Waals surface area contributed by atoms with E-state index in [0.717, 1.165) is 19.3 Å². The molecule has 0 heterocycles. The van der Waals surface area contributed by atoms with Gasteiger partial charge >= 0.3 is 5.97 Å². The Morgan fingerprint density at radius 3 is 2.31 bits per heavy atom. The Labute approximate surface area is 210 Å². The van der Waals surface area contributed by atoms with Crippen molar-refractivity contribution in [3.8, 4) is 0 Å². The number of unbranched alkanes of at least 4 members (excludes halogenated alkanes) is 6. The monoisotopic (exact) mass is 501 g/mol. The first-order valence-electron chi connectivity index (χ1n) is 13.3. The third-order valence-electron chi connectivity index (χ3n) is 6.67. The van der Waals surface area contributed by atoms with Crippen molar-refractivity contribution in [3.63, 3.8) is 0 Å². The fraction of sp³-hybridized carbons (Fsp3) is 0.846. The number of rotatable bonds is 21. The van der Waals surface area contributed by atoms with Crippen LogP contribution >= 0.6 is 0 Å². The molecule has 0 unspecified atom stereocenters. The molecule has 0 bridgehead atoms. The summed E-state index contributed by atoms with van der Waals surface area (Å²) < 4.78 is 5.12. The topological polar surface area (TPSA) is 137 Å². The molecular weight excluding hydrogens is 454 g/mol. The number of ether oxygens (including phenoxy) is 1. The summed E-state index contributed by atoms with van der Waals surface area (Å²) in [6, 6.07) is 0. The molecule has 9 heteroatoms. The van der Waals surface area contributed by atoms with Crippen LogP contribution in [0, 0.1) is 11.8 Å². The van der Waals surface area contributed by atoms with Gasteiger partial charge in [0, 0.05) is 19.3 Å². The second-order valence-corrected chi connectivity index (χ2v) is 9.55. The first-order valence-corrected chi connectivity index (χ1v) is 13.3. The highest BCUT2D eigenvalue weighted by Gasteiger charge is 2.40. The number of carbonyl (C=O) groups is 2. The van der Waals surface area contributed by atoms with Crippen molar-refractivity contribution < 1.29 is 39.8 Å². The van der Waals surface area contributed by atoms with E-state index in [2.05, 4.69) is 11.8 Å². The van der Waals surface area contributed by atoms with E-state index in [4.69, 9.17) is 15.2 Å². The van der Waals surface area contributed by atoms with Gasteiger partial charge in [-0.05, 0) is 63.2 Å². The predicted molar refractivity (Wildman–Crippen MR) is 130 cm³/mol. The van der Waals surface area contributed by atoms with Crippen molar-refractivity contribution in [2.75, 3.05) is 13.2 Å². The van der Waals surface area contributed by atoms with Gasteiger partial charge in [0.15, 0.2) is 0 Å². The average Bonchev–Trinajstić information content (AvgIpc) is 3.08. The largest absolute Gasteiger partial charge is 0.466 e. The smallest absolute Gasteiger partial charge is 0.305 e. The van der Waals surface area contributed by atoms with Gasteiger partial charge in [0.1, 0.15) is 5.78 Å². The summed E-state index contributed by atoms with van der Waals surface area (Å²) >= 11 is 0. The third kappa shape index (κ3) is 15.4. The molecule has 1 aliphatic carbocycles. The molecule has 35 heavy (non-hydrogen) atoms. The number of aliphatic hydroxyl groups is 2. The van der Waals surface area contributed by atoms with Crippen LogP contribution in [0.4, 0.5) is 0 Å². The average molecular weight is 502 g/mol. The molecular formula is C26H47NO8. The van der Waals surface area contributed by atoms with Crippen molar-refractivity contribution in [2.24, 2.45) is 11.8 Å². The molecule has 9 nitrogen and oxygen atoms in total. The fourth-order valence-corrected chi connectivity index (χ4v) is 4.63. The van der Waals surface area contributed by atoms with Crippen LogP contribution in [0.2, 0.25) is 0 Å². The minimum Gasteiger partial charge on any atom is -0.466 e. The quantitative estimate of drug-likeness (QED) is 0.0775. The molecule has 1 saturated carbocycles. The van der Waals surface area contributed by atoms with Gasteiger partial charge in [-0.2, -0.15) is 0 Å². The van der Waals surface area contributed by atoms with E-state index in [1.165, 1.54) is 19.3 Å². The lowest BCUT2D eigenvalue weighted by Gasteiger charge is -2.22. The maximum absolute atomic E-state index is 12.2. The van der Waals surface area contributed by atoms with Gasteiger partial charge in [-0.25, -0.2) is 0 Å². The zero-order valence-corrected chi connectivity index (χ0v) is 21.4. The summed E-state index contributed by atoms with van der Waals surface area (Å²) in [4.78, 5) is 28.4. The Morgan fingerprint density at radius 1 is 0.857 bits per heavy atom. The Kier molecular flexibility index (Phi) is 17.9. The number of nitrogens with zero attached hydrogens (tertiary/aromatic N) is 1. The first kappa shape index (κ1) is 31.7. The van der Waals surface area contributed by atoms with Crippen LogP contribution in [-0.4, -0.2) is 63.2 Å². The van der Waals surface area contributed by atoms with E-state index in [0.29, 0.717) is 57.8 Å². The van der Waals surface area contributed by atoms with Crippen LogP contribution in [0.25, 0.3) is 0 Å². The normalized spacial score (nSPS) is 22.3. The molecule has 0 amide bonds. The van der Waals surface area contributed by atoms with Crippen LogP contribution in [-0.2, 0) is 19.2 Å². The fourth-order valence-electron chi connectivity index (χ4n) is 4.63. The molecule has 0 aromatic rings. The molecule has 4 atom stereocenters. The van der Waals surface area contributed by atoms with Crippen LogP contribution in [0.1, 0.15) is 103 Å². The van der Waals surface area contributed by atoms with Crippen molar-refractivity contribution in [3.05, 3.63) is 12.2 Å². The van der Waals surface area contributed by atoms with Crippen LogP contribution < -0.4 is 0 Å². The van der Waals surface area contributed by atoms with E-state index in [1.807, 2.05) is 12.2 Å². The zero-order chi connectivity index (χ0) is 25.9. The summed E-state index contributed by atoms with van der Waals surface area (Å²) in [5.41, 5.74) is 0. The number of aliphatic hydroxyl groups excluding tert-OH is 2. The van der Waals surface area contributed by atoms with Gasteiger partial charge in [0.25, 0.3) is 0 Å². The highest BCUT2D eigenvalue weighted by atomic mass is 17.1. The summed E-state index contributed by atoms with van der Waals surface area (Å²) in [6.07, 6.45) is 14.0. The maximum Gasteiger partial charge on any atom is 0.305 e. The lowest BCUT2D eigenvalue weighted by atomic mass is 9.86. The van der Waals surface area contributed by atoms with Gasteiger partial charge < -0.3 is 14.9 Å². The van der Waals surface area contributed by atoms with Gasteiger partial charge in [-0.15, -0.1) is 0 Å². The molecule has 1 aliphatic rings. The molecule has 1 rings (SSSR count). The number of carbonyl (C=O) groups excluding carboxylic acids is 2. The SMILES string of the molecule is CCCCCCCC(=O)CC[C@@H]1[C@@H](C/C=C\CCCC(=O)OCCCCON(O)O)[C@@H](O)C[C@H]1O. The highest BCUT2D eigenvalue weighted by molar-refractivity contribution is 5.78. The Hall–Kier alpha value is -1.36. The molecule has 1 fully saturated rings. The second-order valence-electron chi connectivity index (χ2n) is 9.55. The van der Waals surface area contributed by atoms with Crippen LogP contribution in [0.3, 0.4) is 0 Å². The lowest BCUT2D eigenvalue weighted by Crippen LogP contribution is -2.22. The van der Waals surface area contributed by atoms with Gasteiger partial charge in [-0.3, -0.25) is 24.8 Å². The van der Waals surface area contributed by atoms with Crippen molar-refractivity contribution >= 4 is 11.8 Å². The molecule has 0 aromatic heterocycles. The number of esters is 1. The molecule has 0 radical (unpaired) electrons. The van der Waals surface area contributed by atoms with Crippen LogP contribution in [0.5, 0.6) is 0 Å². The van der Waals surface area contributed by atoms with Gasteiger partial charge in [0.05, 0.1) is 30.8 Å². The van der Waals surface area contributed by atoms with Crippen molar-refractivity contribution in [2.45, 2.75) is 115 Å². The van der Waals surface area contributed by atoms with Crippen molar-refractivity contribution in [1.29, 1.82) is 0 Å². The highest BCUT2D eigenvalue weighted by Crippen LogP contribution is 2.38. The Bertz CT molecular complexity index is 598. The molecule has 0 aromatic carbocycles. The number of ketones is 1. The summed E-state index contributed by atoms with van der Waals surface area (Å²) in [6.45, 7) is 2.56. The molecule has 0 spiro atoms. The van der Waals surface area contributed by atoms with E-state index in [-0.39, 0.29) is 42.2 Å². The number of hydrogen-bond acceptors (Lipinski definition) is 9. The number of Topliss-reactive ketones (excluding diaryl/α,β-unsaturated/α-hetero) is 1. The van der Waals surface area contributed by atoms with Gasteiger partial charge in [-0.1, -0.05) is 44.8 Å². The molecule has 0 saturated heterocycles. The van der Waals surface area contributed by atoms with E-state index < -0.39 is 12.2 Å². The van der Waals surface area contributed by atoms with E-state index in [1.54, 1.807) is 0 Å². The molecule has 4 N–H and O–H groups in total. The predicted octanol–water partition coefficient (Wildman–Crippen LogP) is 4.51. The van der Waals surface area contributed by atoms with Crippen LogP contribution in [0.15, 0.2) is 12.2 Å². The Morgan fingerprint density at radius 2 is 1.57 bits per heavy atom. The summed E-state index contributed by atoms with van der Waals surface area (Å²) in [7, 11) is 0. The molecule has 0 aliphatic heterocycles. The Balaban J connectivity index is 2.19. The standard InChI is InChI=1S/C26H47NO8/c1-2-3-4-5-8-13-21(28)16-17-23-22(24(29)20-25(23)30)14-9-6-7-10-15-26(31)34-18-11-12-19-35-27(32)33/h6,9,22-25,29-30,32-33H,2-5,7-8,10-20H2,1H3/b9-6-/t22-,23-,24+,25-/m1/s1. The van der Waals surface area contributed by atoms with Gasteiger partial charge in [0.2, 0.25) is 0 Å².